The van der Waals surface area contributed by atoms with E-state index in [4.69, 9.17) is 5.14 Å². The minimum Gasteiger partial charge on any atom is -0.506 e. The Labute approximate surface area is 77.1 Å². The number of phenols is 1. The zero-order chi connectivity index (χ0) is 10.1. The van der Waals surface area contributed by atoms with E-state index in [1.807, 2.05) is 6.92 Å². The first-order valence-corrected chi connectivity index (χ1v) is 5.35. The molecular weight excluding hydrogens is 190 g/mol. The summed E-state index contributed by atoms with van der Waals surface area (Å²) in [5.41, 5.74) is 0.575. The molecule has 0 bridgehead atoms. The monoisotopic (exact) mass is 201 g/mol. The van der Waals surface area contributed by atoms with Crippen molar-refractivity contribution in [1.29, 1.82) is 0 Å². The van der Waals surface area contributed by atoms with Crippen LogP contribution in [0.2, 0.25) is 0 Å². The fourth-order valence-electron chi connectivity index (χ4n) is 1.08. The molecule has 1 rings (SSSR count). The van der Waals surface area contributed by atoms with Gasteiger partial charge in [-0.1, -0.05) is 19.1 Å². The van der Waals surface area contributed by atoms with E-state index in [0.717, 1.165) is 0 Å². The maximum absolute atomic E-state index is 10.9. The summed E-state index contributed by atoms with van der Waals surface area (Å²) in [7, 11) is -3.82. The van der Waals surface area contributed by atoms with E-state index in [-0.39, 0.29) is 10.6 Å². The van der Waals surface area contributed by atoms with E-state index in [2.05, 4.69) is 0 Å². The summed E-state index contributed by atoms with van der Waals surface area (Å²) in [6.45, 7) is 1.82. The summed E-state index contributed by atoms with van der Waals surface area (Å²) in [4.78, 5) is -0.216. The average Bonchev–Trinajstić information content (AvgIpc) is 2.02. The molecule has 0 fully saturated rings. The molecule has 0 atom stereocenters. The molecule has 1 aromatic rings. The number of para-hydroxylation sites is 1. The molecule has 3 N–H and O–H groups in total. The number of aryl methyl sites for hydroxylation is 1. The number of primary sulfonamides is 1. The van der Waals surface area contributed by atoms with E-state index in [1.165, 1.54) is 6.07 Å². The van der Waals surface area contributed by atoms with E-state index in [1.54, 1.807) is 12.1 Å². The second-order valence-electron chi connectivity index (χ2n) is 2.66. The van der Waals surface area contributed by atoms with Crippen LogP contribution in [-0.4, -0.2) is 13.5 Å². The van der Waals surface area contributed by atoms with Crippen LogP contribution in [0, 0.1) is 0 Å². The fourth-order valence-corrected chi connectivity index (χ4v) is 1.75. The summed E-state index contributed by atoms with van der Waals surface area (Å²) >= 11 is 0. The zero-order valence-electron chi connectivity index (χ0n) is 7.19. The number of phenolic OH excluding ortho intramolecular Hbond substituents is 1. The number of nitrogens with two attached hydrogens (primary N) is 1. The Bertz CT molecular complexity index is 411. The number of benzene rings is 1. The van der Waals surface area contributed by atoms with Crippen molar-refractivity contribution < 1.29 is 13.5 Å². The van der Waals surface area contributed by atoms with Crippen molar-refractivity contribution in [2.24, 2.45) is 5.14 Å². The lowest BCUT2D eigenvalue weighted by atomic mass is 10.1. The predicted octanol–water partition coefficient (Wildman–Crippen LogP) is 0.602. The highest BCUT2D eigenvalue weighted by Gasteiger charge is 2.14. The van der Waals surface area contributed by atoms with Gasteiger partial charge in [-0.2, -0.15) is 0 Å². The molecule has 0 aliphatic heterocycles. The van der Waals surface area contributed by atoms with Crippen LogP contribution >= 0.6 is 0 Å². The fraction of sp³-hybridized carbons (Fsp3) is 0.250. The number of sulfonamides is 1. The summed E-state index contributed by atoms with van der Waals surface area (Å²) < 4.78 is 21.9. The third-order valence-electron chi connectivity index (χ3n) is 1.77. The third-order valence-corrected chi connectivity index (χ3v) is 2.71. The van der Waals surface area contributed by atoms with Gasteiger partial charge in [0.15, 0.2) is 0 Å². The highest BCUT2D eigenvalue weighted by atomic mass is 32.2. The lowest BCUT2D eigenvalue weighted by Gasteiger charge is -2.05. The van der Waals surface area contributed by atoms with Gasteiger partial charge in [0.2, 0.25) is 10.0 Å². The molecule has 0 spiro atoms. The molecule has 13 heavy (non-hydrogen) atoms. The molecular formula is C8H11NO3S. The highest BCUT2D eigenvalue weighted by Crippen LogP contribution is 2.25. The zero-order valence-corrected chi connectivity index (χ0v) is 8.00. The van der Waals surface area contributed by atoms with E-state index in [0.29, 0.717) is 12.0 Å². The Hall–Kier alpha value is -1.07. The standard InChI is InChI=1S/C8H11NO3S/c1-2-6-4-3-5-7(8(6)10)13(9,11)12/h3-5,10H,2H2,1H3,(H2,9,11,12). The Morgan fingerprint density at radius 3 is 2.54 bits per heavy atom. The summed E-state index contributed by atoms with van der Waals surface area (Å²) in [6, 6.07) is 4.49. The number of hydrogen-bond donors (Lipinski definition) is 2. The molecule has 0 aliphatic carbocycles. The van der Waals surface area contributed by atoms with Gasteiger partial charge in [0.25, 0.3) is 0 Å². The van der Waals surface area contributed by atoms with Crippen LogP contribution in [0.15, 0.2) is 23.1 Å². The van der Waals surface area contributed by atoms with Crippen molar-refractivity contribution >= 4 is 10.0 Å². The van der Waals surface area contributed by atoms with Crippen molar-refractivity contribution in [3.05, 3.63) is 23.8 Å². The van der Waals surface area contributed by atoms with Gasteiger partial charge >= 0.3 is 0 Å². The van der Waals surface area contributed by atoms with Gasteiger partial charge in [0.05, 0.1) is 0 Å². The lowest BCUT2D eigenvalue weighted by molar-refractivity contribution is 0.452. The lowest BCUT2D eigenvalue weighted by Crippen LogP contribution is -2.12. The minimum atomic E-state index is -3.82. The van der Waals surface area contributed by atoms with Crippen molar-refractivity contribution in [3.63, 3.8) is 0 Å². The molecule has 4 nitrogen and oxygen atoms in total. The van der Waals surface area contributed by atoms with Gasteiger partial charge in [-0.3, -0.25) is 0 Å². The molecule has 5 heteroatoms. The van der Waals surface area contributed by atoms with E-state index in [9.17, 15) is 13.5 Å². The average molecular weight is 201 g/mol. The maximum atomic E-state index is 10.9. The number of aromatic hydroxyl groups is 1. The van der Waals surface area contributed by atoms with Crippen LogP contribution in [0.25, 0.3) is 0 Å². The first-order chi connectivity index (χ1) is 5.96. The molecule has 0 amide bonds. The van der Waals surface area contributed by atoms with Crippen LogP contribution in [0.4, 0.5) is 0 Å². The molecule has 0 radical (unpaired) electrons. The smallest absolute Gasteiger partial charge is 0.241 e. The second-order valence-corrected chi connectivity index (χ2v) is 4.19. The van der Waals surface area contributed by atoms with E-state index >= 15 is 0 Å². The van der Waals surface area contributed by atoms with Gasteiger partial charge in [-0.25, -0.2) is 13.6 Å². The largest absolute Gasteiger partial charge is 0.506 e. The second kappa shape index (κ2) is 3.35. The summed E-state index contributed by atoms with van der Waals surface area (Å²) in [6.07, 6.45) is 0.565. The summed E-state index contributed by atoms with van der Waals surface area (Å²) in [5.74, 6) is -0.243. The molecule has 0 saturated carbocycles. The quantitative estimate of drug-likeness (QED) is 0.735. The van der Waals surface area contributed by atoms with Crippen LogP contribution in [0.1, 0.15) is 12.5 Å². The first-order valence-electron chi connectivity index (χ1n) is 3.80. The molecule has 0 aromatic heterocycles. The van der Waals surface area contributed by atoms with E-state index < -0.39 is 10.0 Å². The number of rotatable bonds is 2. The Morgan fingerprint density at radius 1 is 1.46 bits per heavy atom. The normalized spacial score (nSPS) is 11.5. The van der Waals surface area contributed by atoms with Gasteiger partial charge in [0, 0.05) is 0 Å². The van der Waals surface area contributed by atoms with Crippen LogP contribution in [0.3, 0.4) is 0 Å². The maximum Gasteiger partial charge on any atom is 0.241 e. The molecule has 72 valence electrons. The predicted molar refractivity (Wildman–Crippen MR) is 48.9 cm³/mol. The minimum absolute atomic E-state index is 0.216. The van der Waals surface area contributed by atoms with Crippen LogP contribution in [0.5, 0.6) is 5.75 Å². The molecule has 1 aromatic carbocycles. The molecule has 0 saturated heterocycles. The van der Waals surface area contributed by atoms with Gasteiger partial charge < -0.3 is 5.11 Å². The summed E-state index contributed by atoms with van der Waals surface area (Å²) in [5, 5.41) is 14.4. The highest BCUT2D eigenvalue weighted by molar-refractivity contribution is 7.89. The Balaban J connectivity index is 3.41. The third kappa shape index (κ3) is 1.99. The SMILES string of the molecule is CCc1cccc(S(N)(=O)=O)c1O. The molecule has 0 unspecified atom stereocenters. The first kappa shape index (κ1) is 10.0. The Morgan fingerprint density at radius 2 is 2.08 bits per heavy atom. The van der Waals surface area contributed by atoms with Crippen molar-refractivity contribution in [1.82, 2.24) is 0 Å². The molecule has 0 heterocycles. The van der Waals surface area contributed by atoms with Crippen molar-refractivity contribution in [2.45, 2.75) is 18.2 Å². The van der Waals surface area contributed by atoms with Crippen LogP contribution in [-0.2, 0) is 16.4 Å². The van der Waals surface area contributed by atoms with Gasteiger partial charge in [0.1, 0.15) is 10.6 Å². The van der Waals surface area contributed by atoms with Crippen molar-refractivity contribution in [2.75, 3.05) is 0 Å². The topological polar surface area (TPSA) is 80.4 Å². The van der Waals surface area contributed by atoms with Crippen LogP contribution < -0.4 is 5.14 Å². The number of hydrogen-bond acceptors (Lipinski definition) is 3. The van der Waals surface area contributed by atoms with Crippen molar-refractivity contribution in [3.8, 4) is 5.75 Å². The van der Waals surface area contributed by atoms with Gasteiger partial charge in [-0.15, -0.1) is 0 Å². The Kier molecular flexibility index (Phi) is 2.58. The van der Waals surface area contributed by atoms with Gasteiger partial charge in [-0.05, 0) is 18.1 Å². The molecule has 0 aliphatic rings.